The molecular formula is C15H23NO4. The van der Waals surface area contributed by atoms with Crippen LogP contribution in [0, 0.1) is 11.8 Å². The Balaban J connectivity index is 1.96. The summed E-state index contributed by atoms with van der Waals surface area (Å²) in [6, 6.07) is 0. The number of nitrogens with zero attached hydrogens (tertiary/aromatic N) is 1. The largest absolute Gasteiger partial charge is 0.468 e. The van der Waals surface area contributed by atoms with Gasteiger partial charge in [0.1, 0.15) is 11.7 Å². The smallest absolute Gasteiger partial charge is 0.316 e. The lowest BCUT2D eigenvalue weighted by Gasteiger charge is -2.28. The minimum absolute atomic E-state index is 0.101. The maximum absolute atomic E-state index is 12.5. The molecule has 1 amide bonds. The zero-order valence-electron chi connectivity index (χ0n) is 12.1. The molecule has 0 aromatic carbocycles. The monoisotopic (exact) mass is 281 g/mol. The van der Waals surface area contributed by atoms with Gasteiger partial charge in [-0.3, -0.25) is 14.4 Å². The molecule has 2 rings (SSSR count). The molecule has 5 nitrogen and oxygen atoms in total. The van der Waals surface area contributed by atoms with Gasteiger partial charge in [-0.05, 0) is 19.3 Å². The molecule has 1 unspecified atom stereocenters. The Labute approximate surface area is 119 Å². The van der Waals surface area contributed by atoms with Gasteiger partial charge in [0.25, 0.3) is 0 Å². The van der Waals surface area contributed by atoms with Gasteiger partial charge in [-0.1, -0.05) is 19.3 Å². The molecule has 2 fully saturated rings. The number of carbonyl (C=O) groups excluding carboxylic acids is 3. The van der Waals surface area contributed by atoms with Crippen molar-refractivity contribution in [2.45, 2.75) is 44.9 Å². The van der Waals surface area contributed by atoms with Crippen LogP contribution in [-0.2, 0) is 19.1 Å². The highest BCUT2D eigenvalue weighted by Crippen LogP contribution is 2.26. The second kappa shape index (κ2) is 6.86. The summed E-state index contributed by atoms with van der Waals surface area (Å²) in [5, 5.41) is 0. The van der Waals surface area contributed by atoms with Crippen molar-refractivity contribution in [3.8, 4) is 0 Å². The maximum Gasteiger partial charge on any atom is 0.316 e. The summed E-state index contributed by atoms with van der Waals surface area (Å²) < 4.78 is 4.66. The van der Waals surface area contributed by atoms with E-state index in [-0.39, 0.29) is 24.0 Å². The molecule has 1 aliphatic carbocycles. The lowest BCUT2D eigenvalue weighted by molar-refractivity contribution is -0.149. The number of methoxy groups -OCH3 is 1. The lowest BCUT2D eigenvalue weighted by Crippen LogP contribution is -2.37. The zero-order chi connectivity index (χ0) is 14.5. The fourth-order valence-electron chi connectivity index (χ4n) is 3.20. The van der Waals surface area contributed by atoms with Crippen molar-refractivity contribution in [3.63, 3.8) is 0 Å². The molecule has 112 valence electrons. The molecule has 0 radical (unpaired) electrons. The van der Waals surface area contributed by atoms with E-state index in [4.69, 9.17) is 0 Å². The van der Waals surface area contributed by atoms with Crippen molar-refractivity contribution in [2.75, 3.05) is 20.2 Å². The van der Waals surface area contributed by atoms with Crippen LogP contribution in [-0.4, -0.2) is 42.8 Å². The van der Waals surface area contributed by atoms with Gasteiger partial charge in [0.05, 0.1) is 7.11 Å². The van der Waals surface area contributed by atoms with Gasteiger partial charge in [0, 0.05) is 25.4 Å². The molecule has 0 spiro atoms. The second-order valence-corrected chi connectivity index (χ2v) is 5.74. The number of ketones is 1. The van der Waals surface area contributed by atoms with Crippen LogP contribution in [0.4, 0.5) is 0 Å². The first kappa shape index (κ1) is 15.0. The lowest BCUT2D eigenvalue weighted by atomic mass is 9.88. The van der Waals surface area contributed by atoms with E-state index < -0.39 is 11.9 Å². The van der Waals surface area contributed by atoms with Crippen molar-refractivity contribution >= 4 is 17.7 Å². The fraction of sp³-hybridized carbons (Fsp3) is 0.800. The van der Waals surface area contributed by atoms with Gasteiger partial charge in [0.2, 0.25) is 5.91 Å². The third kappa shape index (κ3) is 3.38. The highest BCUT2D eigenvalue weighted by Gasteiger charge is 2.34. The van der Waals surface area contributed by atoms with Gasteiger partial charge >= 0.3 is 5.97 Å². The van der Waals surface area contributed by atoms with Crippen LogP contribution < -0.4 is 0 Å². The van der Waals surface area contributed by atoms with Gasteiger partial charge in [-0.15, -0.1) is 0 Å². The van der Waals surface area contributed by atoms with Crippen molar-refractivity contribution < 1.29 is 19.1 Å². The highest BCUT2D eigenvalue weighted by molar-refractivity contribution is 5.99. The Hall–Kier alpha value is -1.39. The molecular weight excluding hydrogens is 258 g/mol. The van der Waals surface area contributed by atoms with Crippen LogP contribution in [0.2, 0.25) is 0 Å². The molecule has 0 N–H and O–H groups in total. The molecule has 2 aliphatic rings. The topological polar surface area (TPSA) is 63.7 Å². The summed E-state index contributed by atoms with van der Waals surface area (Å²) in [5.74, 6) is -0.974. The van der Waals surface area contributed by atoms with Crippen molar-refractivity contribution in [3.05, 3.63) is 0 Å². The van der Waals surface area contributed by atoms with E-state index in [0.717, 1.165) is 25.7 Å². The van der Waals surface area contributed by atoms with Crippen molar-refractivity contribution in [2.24, 2.45) is 11.8 Å². The number of amides is 1. The standard InChI is InChI=1S/C15H23NO4/c1-20-15(19)12-7-9-16(10-8-13(12)17)14(18)11-5-3-2-4-6-11/h11-12H,2-10H2,1H3. The molecule has 1 atom stereocenters. The van der Waals surface area contributed by atoms with Crippen LogP contribution in [0.3, 0.4) is 0 Å². The molecule has 1 saturated heterocycles. The first-order valence-electron chi connectivity index (χ1n) is 7.53. The number of likely N-dealkylation sites (tertiary alicyclic amines) is 1. The van der Waals surface area contributed by atoms with Gasteiger partial charge in [0.15, 0.2) is 0 Å². The Morgan fingerprint density at radius 1 is 1.10 bits per heavy atom. The minimum atomic E-state index is -0.691. The molecule has 5 heteroatoms. The Kier molecular flexibility index (Phi) is 5.15. The summed E-state index contributed by atoms with van der Waals surface area (Å²) in [7, 11) is 1.30. The number of esters is 1. The summed E-state index contributed by atoms with van der Waals surface area (Å²) in [6.45, 7) is 0.933. The van der Waals surface area contributed by atoms with Crippen LogP contribution in [0.15, 0.2) is 0 Å². The van der Waals surface area contributed by atoms with E-state index in [1.165, 1.54) is 13.5 Å². The van der Waals surface area contributed by atoms with Crippen molar-refractivity contribution in [1.82, 2.24) is 4.90 Å². The van der Waals surface area contributed by atoms with Gasteiger partial charge < -0.3 is 9.64 Å². The van der Waals surface area contributed by atoms with Crippen LogP contribution >= 0.6 is 0 Å². The van der Waals surface area contributed by atoms with Crippen LogP contribution in [0.5, 0.6) is 0 Å². The third-order valence-corrected chi connectivity index (χ3v) is 4.46. The number of Topliss-reactive ketones (excluding diaryl/α,β-unsaturated/α-hetero) is 1. The number of ether oxygens (including phenoxy) is 1. The minimum Gasteiger partial charge on any atom is -0.468 e. The number of hydrogen-bond acceptors (Lipinski definition) is 4. The highest BCUT2D eigenvalue weighted by atomic mass is 16.5. The summed E-state index contributed by atoms with van der Waals surface area (Å²) in [6.07, 6.45) is 6.03. The summed E-state index contributed by atoms with van der Waals surface area (Å²) in [5.41, 5.74) is 0. The quantitative estimate of drug-likeness (QED) is 0.569. The van der Waals surface area contributed by atoms with Gasteiger partial charge in [-0.25, -0.2) is 0 Å². The van der Waals surface area contributed by atoms with Crippen LogP contribution in [0.25, 0.3) is 0 Å². The molecule has 20 heavy (non-hydrogen) atoms. The fourth-order valence-corrected chi connectivity index (χ4v) is 3.20. The van der Waals surface area contributed by atoms with E-state index in [2.05, 4.69) is 4.74 Å². The van der Waals surface area contributed by atoms with Gasteiger partial charge in [-0.2, -0.15) is 0 Å². The molecule has 1 heterocycles. The second-order valence-electron chi connectivity index (χ2n) is 5.74. The number of carbonyl (C=O) groups is 3. The Bertz CT molecular complexity index is 387. The average Bonchev–Trinajstić information content (AvgIpc) is 2.68. The predicted octanol–water partition coefficient (Wildman–Crippen LogP) is 1.55. The Morgan fingerprint density at radius 3 is 2.45 bits per heavy atom. The predicted molar refractivity (Wildman–Crippen MR) is 72.9 cm³/mol. The molecule has 0 bridgehead atoms. The van der Waals surface area contributed by atoms with E-state index in [1.807, 2.05) is 0 Å². The van der Waals surface area contributed by atoms with Crippen molar-refractivity contribution in [1.29, 1.82) is 0 Å². The summed E-state index contributed by atoms with van der Waals surface area (Å²) >= 11 is 0. The maximum atomic E-state index is 12.5. The van der Waals surface area contributed by atoms with E-state index in [9.17, 15) is 14.4 Å². The zero-order valence-corrected chi connectivity index (χ0v) is 12.1. The van der Waals surface area contributed by atoms with Crippen LogP contribution in [0.1, 0.15) is 44.9 Å². The molecule has 1 saturated carbocycles. The third-order valence-electron chi connectivity index (χ3n) is 4.46. The first-order valence-corrected chi connectivity index (χ1v) is 7.53. The first-order chi connectivity index (χ1) is 9.63. The molecule has 0 aromatic heterocycles. The average molecular weight is 281 g/mol. The van der Waals surface area contributed by atoms with E-state index >= 15 is 0 Å². The number of hydrogen-bond donors (Lipinski definition) is 0. The van der Waals surface area contributed by atoms with E-state index in [1.54, 1.807) is 4.90 Å². The Morgan fingerprint density at radius 2 is 1.80 bits per heavy atom. The van der Waals surface area contributed by atoms with E-state index in [0.29, 0.717) is 19.5 Å². The molecule has 1 aliphatic heterocycles. The number of rotatable bonds is 2. The summed E-state index contributed by atoms with van der Waals surface area (Å²) in [4.78, 5) is 37.7. The SMILES string of the molecule is COC(=O)C1CCN(C(=O)C2CCCCC2)CCC1=O. The molecule has 0 aromatic rings. The normalized spacial score (nSPS) is 25.1.